The fourth-order valence-corrected chi connectivity index (χ4v) is 1.44. The van der Waals surface area contributed by atoms with Crippen LogP contribution in [0.5, 0.6) is 0 Å². The van der Waals surface area contributed by atoms with Gasteiger partial charge >= 0.3 is 12.0 Å². The maximum absolute atomic E-state index is 11.3. The Morgan fingerprint density at radius 2 is 1.84 bits per heavy atom. The second-order valence-electron chi connectivity index (χ2n) is 4.52. The highest BCUT2D eigenvalue weighted by atomic mass is 16.5. The van der Waals surface area contributed by atoms with Gasteiger partial charge in [-0.05, 0) is 25.8 Å². The molecule has 1 fully saturated rings. The number of urea groups is 1. The first-order chi connectivity index (χ1) is 9.18. The summed E-state index contributed by atoms with van der Waals surface area (Å²) in [5, 5.41) is 17.1. The van der Waals surface area contributed by atoms with E-state index in [2.05, 4.69) is 16.0 Å². The predicted molar refractivity (Wildman–Crippen MR) is 70.1 cm³/mol. The first kappa shape index (κ1) is 15.7. The molecule has 110 valence electrons. The van der Waals surface area contributed by atoms with Crippen LogP contribution in [-0.2, 0) is 9.53 Å². The van der Waals surface area contributed by atoms with Gasteiger partial charge in [-0.15, -0.1) is 0 Å². The Morgan fingerprint density at radius 3 is 2.53 bits per heavy atom. The Balaban J connectivity index is 1.77. The van der Waals surface area contributed by atoms with Crippen LogP contribution in [0.25, 0.3) is 0 Å². The zero-order valence-corrected chi connectivity index (χ0v) is 11.1. The summed E-state index contributed by atoms with van der Waals surface area (Å²) in [5.74, 6) is -0.884. The van der Waals surface area contributed by atoms with Gasteiger partial charge in [0.2, 0.25) is 0 Å². The topological polar surface area (TPSA) is 99.7 Å². The van der Waals surface area contributed by atoms with Crippen molar-refractivity contribution in [3.63, 3.8) is 0 Å². The Hall–Kier alpha value is -1.34. The quantitative estimate of drug-likeness (QED) is 0.395. The standard InChI is InChI=1S/C12H23N3O4/c16-11(17)4-8-19-9-7-15-12(18)14-6-1-5-13-10-2-3-10/h10,13H,1-9H2,(H,16,17)(H2,14,15,18). The van der Waals surface area contributed by atoms with Crippen LogP contribution in [0, 0.1) is 0 Å². The lowest BCUT2D eigenvalue weighted by atomic mass is 10.4. The summed E-state index contributed by atoms with van der Waals surface area (Å²) in [7, 11) is 0. The maximum Gasteiger partial charge on any atom is 0.314 e. The molecule has 0 aromatic heterocycles. The van der Waals surface area contributed by atoms with E-state index in [1.165, 1.54) is 12.8 Å². The first-order valence-electron chi connectivity index (χ1n) is 6.73. The average molecular weight is 273 g/mol. The van der Waals surface area contributed by atoms with E-state index < -0.39 is 5.97 Å². The molecule has 1 rings (SSSR count). The fraction of sp³-hybridized carbons (Fsp3) is 0.833. The highest BCUT2D eigenvalue weighted by molar-refractivity contribution is 5.73. The monoisotopic (exact) mass is 273 g/mol. The van der Waals surface area contributed by atoms with Crippen molar-refractivity contribution in [2.24, 2.45) is 0 Å². The van der Waals surface area contributed by atoms with E-state index >= 15 is 0 Å². The van der Waals surface area contributed by atoms with E-state index in [1.54, 1.807) is 0 Å². The summed E-state index contributed by atoms with van der Waals surface area (Å²) >= 11 is 0. The Kier molecular flexibility index (Phi) is 7.92. The second kappa shape index (κ2) is 9.57. The van der Waals surface area contributed by atoms with Crippen LogP contribution >= 0.6 is 0 Å². The van der Waals surface area contributed by atoms with Crippen LogP contribution in [0.3, 0.4) is 0 Å². The molecule has 0 radical (unpaired) electrons. The lowest BCUT2D eigenvalue weighted by Crippen LogP contribution is -2.38. The van der Waals surface area contributed by atoms with E-state index in [4.69, 9.17) is 9.84 Å². The lowest BCUT2D eigenvalue weighted by Gasteiger charge is -2.08. The number of carbonyl (C=O) groups is 2. The molecular weight excluding hydrogens is 250 g/mol. The van der Waals surface area contributed by atoms with Gasteiger partial charge in [0, 0.05) is 19.1 Å². The summed E-state index contributed by atoms with van der Waals surface area (Å²) in [6.07, 6.45) is 3.45. The van der Waals surface area contributed by atoms with Crippen LogP contribution in [0.4, 0.5) is 4.79 Å². The van der Waals surface area contributed by atoms with Crippen LogP contribution in [0.1, 0.15) is 25.7 Å². The molecule has 0 aliphatic heterocycles. The molecule has 0 bridgehead atoms. The minimum absolute atomic E-state index is 0.0137. The molecule has 0 spiro atoms. The number of carboxylic acids is 1. The fourth-order valence-electron chi connectivity index (χ4n) is 1.44. The molecule has 19 heavy (non-hydrogen) atoms. The SMILES string of the molecule is O=C(O)CCOCCNC(=O)NCCCNC1CC1. The van der Waals surface area contributed by atoms with E-state index in [-0.39, 0.29) is 19.1 Å². The summed E-state index contributed by atoms with van der Waals surface area (Å²) < 4.78 is 5.04. The molecule has 0 unspecified atom stereocenters. The molecule has 0 saturated heterocycles. The largest absolute Gasteiger partial charge is 0.481 e. The number of hydrogen-bond donors (Lipinski definition) is 4. The van der Waals surface area contributed by atoms with Gasteiger partial charge < -0.3 is 25.8 Å². The van der Waals surface area contributed by atoms with Gasteiger partial charge in [-0.1, -0.05) is 0 Å². The molecule has 1 saturated carbocycles. The number of carboxylic acid groups (broad SMARTS) is 1. The molecule has 0 atom stereocenters. The number of aliphatic carboxylic acids is 1. The molecule has 0 aromatic rings. The van der Waals surface area contributed by atoms with Crippen molar-refractivity contribution in [3.8, 4) is 0 Å². The normalized spacial score (nSPS) is 14.1. The zero-order chi connectivity index (χ0) is 13.9. The third-order valence-corrected chi connectivity index (χ3v) is 2.64. The molecular formula is C12H23N3O4. The number of carbonyl (C=O) groups excluding carboxylic acids is 1. The number of hydrogen-bond acceptors (Lipinski definition) is 4. The number of nitrogens with one attached hydrogen (secondary N) is 3. The Bertz CT molecular complexity index is 282. The van der Waals surface area contributed by atoms with Gasteiger partial charge in [0.25, 0.3) is 0 Å². The predicted octanol–water partition coefficient (Wildman–Crippen LogP) is -0.0810. The number of amides is 2. The van der Waals surface area contributed by atoms with Gasteiger partial charge in [-0.2, -0.15) is 0 Å². The van der Waals surface area contributed by atoms with E-state index in [0.717, 1.165) is 13.0 Å². The van der Waals surface area contributed by atoms with Gasteiger partial charge in [0.05, 0.1) is 19.6 Å². The molecule has 4 N–H and O–H groups in total. The first-order valence-corrected chi connectivity index (χ1v) is 6.73. The number of rotatable bonds is 11. The molecule has 1 aliphatic carbocycles. The average Bonchev–Trinajstić information content (AvgIpc) is 3.17. The van der Waals surface area contributed by atoms with Gasteiger partial charge in [0.15, 0.2) is 0 Å². The minimum atomic E-state index is -0.884. The van der Waals surface area contributed by atoms with Crippen molar-refractivity contribution in [1.82, 2.24) is 16.0 Å². The van der Waals surface area contributed by atoms with Crippen LogP contribution < -0.4 is 16.0 Å². The third kappa shape index (κ3) is 10.3. The van der Waals surface area contributed by atoms with Gasteiger partial charge in [-0.25, -0.2) is 4.79 Å². The summed E-state index contributed by atoms with van der Waals surface area (Å²) in [6.45, 7) is 2.45. The molecule has 7 nitrogen and oxygen atoms in total. The van der Waals surface area contributed by atoms with Crippen molar-refractivity contribution in [2.45, 2.75) is 31.7 Å². The summed E-state index contributed by atoms with van der Waals surface area (Å²) in [6, 6.07) is 0.491. The van der Waals surface area contributed by atoms with Crippen LogP contribution in [0.15, 0.2) is 0 Å². The molecule has 1 aliphatic rings. The van der Waals surface area contributed by atoms with Gasteiger partial charge in [-0.3, -0.25) is 4.79 Å². The number of ether oxygens (including phenoxy) is 1. The summed E-state index contributed by atoms with van der Waals surface area (Å²) in [5.41, 5.74) is 0. The zero-order valence-electron chi connectivity index (χ0n) is 11.1. The van der Waals surface area contributed by atoms with Crippen molar-refractivity contribution >= 4 is 12.0 Å². The smallest absolute Gasteiger partial charge is 0.314 e. The van der Waals surface area contributed by atoms with Crippen molar-refractivity contribution < 1.29 is 19.4 Å². The maximum atomic E-state index is 11.3. The Labute approximate surface area is 113 Å². The van der Waals surface area contributed by atoms with E-state index in [9.17, 15) is 9.59 Å². The molecule has 2 amide bonds. The second-order valence-corrected chi connectivity index (χ2v) is 4.52. The third-order valence-electron chi connectivity index (χ3n) is 2.64. The highest BCUT2D eigenvalue weighted by Gasteiger charge is 2.19. The minimum Gasteiger partial charge on any atom is -0.481 e. The van der Waals surface area contributed by atoms with Crippen molar-refractivity contribution in [1.29, 1.82) is 0 Å². The Morgan fingerprint density at radius 1 is 1.11 bits per heavy atom. The van der Waals surface area contributed by atoms with Crippen molar-refractivity contribution in [2.75, 3.05) is 32.8 Å². The molecule has 0 aromatic carbocycles. The van der Waals surface area contributed by atoms with E-state index in [0.29, 0.717) is 25.7 Å². The highest BCUT2D eigenvalue weighted by Crippen LogP contribution is 2.18. The van der Waals surface area contributed by atoms with Gasteiger partial charge in [0.1, 0.15) is 0 Å². The van der Waals surface area contributed by atoms with Crippen molar-refractivity contribution in [3.05, 3.63) is 0 Å². The summed E-state index contributed by atoms with van der Waals surface area (Å²) in [4.78, 5) is 21.5. The molecule has 0 heterocycles. The molecule has 7 heteroatoms. The van der Waals surface area contributed by atoms with Crippen LogP contribution in [-0.4, -0.2) is 56.0 Å². The van der Waals surface area contributed by atoms with Crippen LogP contribution in [0.2, 0.25) is 0 Å². The van der Waals surface area contributed by atoms with E-state index in [1.807, 2.05) is 0 Å². The lowest BCUT2D eigenvalue weighted by molar-refractivity contribution is -0.138.